The predicted molar refractivity (Wildman–Crippen MR) is 128 cm³/mol. The number of imidazole rings is 1. The Morgan fingerprint density at radius 1 is 1.06 bits per heavy atom. The van der Waals surface area contributed by atoms with Crippen molar-refractivity contribution in [2.75, 3.05) is 7.11 Å². The third-order valence-electron chi connectivity index (χ3n) is 5.80. The van der Waals surface area contributed by atoms with Crippen molar-refractivity contribution in [1.29, 1.82) is 0 Å². The number of H-pyrrole nitrogens is 1. The van der Waals surface area contributed by atoms with Crippen LogP contribution in [-0.4, -0.2) is 37.4 Å². The Kier molecular flexibility index (Phi) is 5.80. The monoisotopic (exact) mass is 476 g/mol. The highest BCUT2D eigenvalue weighted by Gasteiger charge is 2.30. The Balaban J connectivity index is 1.49. The Morgan fingerprint density at radius 3 is 2.59 bits per heavy atom. The highest BCUT2D eigenvalue weighted by Crippen LogP contribution is 2.29. The number of nitrogens with zero attached hydrogens (tertiary/aromatic N) is 1. The molecule has 4 aromatic rings. The number of hydrogen-bond donors (Lipinski definition) is 3. The summed E-state index contributed by atoms with van der Waals surface area (Å²) >= 11 is 0. The molecule has 0 bridgehead atoms. The molecule has 34 heavy (non-hydrogen) atoms. The van der Waals surface area contributed by atoms with Crippen molar-refractivity contribution in [2.24, 2.45) is 0 Å². The zero-order valence-electron chi connectivity index (χ0n) is 18.5. The van der Waals surface area contributed by atoms with E-state index < -0.39 is 22.0 Å². The molecule has 1 fully saturated rings. The number of nitrogens with one attached hydrogen (secondary N) is 3. The first-order valence-electron chi connectivity index (χ1n) is 10.9. The van der Waals surface area contributed by atoms with E-state index in [2.05, 4.69) is 20.0 Å². The first-order valence-corrected chi connectivity index (χ1v) is 12.4. The molecule has 1 aliphatic carbocycles. The minimum absolute atomic E-state index is 0.0512. The number of ether oxygens (including phenoxy) is 1. The van der Waals surface area contributed by atoms with Gasteiger partial charge in [0, 0.05) is 11.6 Å². The number of methoxy groups -OCH3 is 1. The molecular weight excluding hydrogens is 452 g/mol. The van der Waals surface area contributed by atoms with Crippen LogP contribution in [0.3, 0.4) is 0 Å². The van der Waals surface area contributed by atoms with Gasteiger partial charge in [-0.2, -0.15) is 0 Å². The molecular formula is C25H24N4O4S. The second-order valence-electron chi connectivity index (χ2n) is 8.26. The van der Waals surface area contributed by atoms with Gasteiger partial charge in [-0.15, -0.1) is 0 Å². The summed E-state index contributed by atoms with van der Waals surface area (Å²) in [5, 5.41) is 3.06. The summed E-state index contributed by atoms with van der Waals surface area (Å²) in [4.78, 5) is 20.6. The number of benzene rings is 3. The van der Waals surface area contributed by atoms with E-state index in [-0.39, 0.29) is 22.3 Å². The summed E-state index contributed by atoms with van der Waals surface area (Å²) in [6, 6.07) is 19.3. The quantitative estimate of drug-likeness (QED) is 0.360. The van der Waals surface area contributed by atoms with Crippen LogP contribution >= 0.6 is 0 Å². The molecule has 9 heteroatoms. The van der Waals surface area contributed by atoms with Crippen molar-refractivity contribution in [3.8, 4) is 5.75 Å². The second-order valence-corrected chi connectivity index (χ2v) is 9.94. The number of sulfonamides is 1. The van der Waals surface area contributed by atoms with Crippen LogP contribution in [0.1, 0.15) is 40.4 Å². The molecule has 8 nitrogen and oxygen atoms in total. The second kappa shape index (κ2) is 8.92. The summed E-state index contributed by atoms with van der Waals surface area (Å²) < 4.78 is 33.6. The summed E-state index contributed by atoms with van der Waals surface area (Å²) in [5.41, 5.74) is 3.67. The molecule has 0 spiro atoms. The van der Waals surface area contributed by atoms with Crippen LogP contribution < -0.4 is 14.8 Å². The van der Waals surface area contributed by atoms with E-state index in [1.54, 1.807) is 12.4 Å². The molecule has 0 saturated heterocycles. The fourth-order valence-corrected chi connectivity index (χ4v) is 5.36. The zero-order chi connectivity index (χ0) is 23.7. The van der Waals surface area contributed by atoms with Crippen LogP contribution in [0.15, 0.2) is 78.0 Å². The van der Waals surface area contributed by atoms with E-state index in [0.717, 1.165) is 35.0 Å². The van der Waals surface area contributed by atoms with Crippen LogP contribution in [0.25, 0.3) is 11.0 Å². The van der Waals surface area contributed by atoms with Crippen molar-refractivity contribution in [2.45, 2.75) is 29.8 Å². The van der Waals surface area contributed by atoms with Gasteiger partial charge < -0.3 is 15.0 Å². The summed E-state index contributed by atoms with van der Waals surface area (Å²) in [7, 11) is -2.41. The van der Waals surface area contributed by atoms with Gasteiger partial charge in [0.15, 0.2) is 0 Å². The standard InChI is InChI=1S/C25H24N4O4S/c1-33-22-12-8-18(14-23(22)34(31,32)29-19-9-10-19)25(30)28-24(16-5-3-2-4-6-16)17-7-11-20-21(13-17)27-15-26-20/h2-8,11-15,19,24,29H,9-10H2,1H3,(H,26,27)(H,28,30). The number of carbonyl (C=O) groups is 1. The van der Waals surface area contributed by atoms with Crippen LogP contribution in [0.5, 0.6) is 5.75 Å². The number of rotatable bonds is 8. The number of amides is 1. The van der Waals surface area contributed by atoms with Crippen molar-refractivity contribution < 1.29 is 17.9 Å². The Bertz CT molecular complexity index is 1450. The lowest BCUT2D eigenvalue weighted by molar-refractivity contribution is 0.0942. The SMILES string of the molecule is COc1ccc(C(=O)NC(c2ccccc2)c2ccc3nc[nH]c3c2)cc1S(=O)(=O)NC1CC1. The molecule has 1 aromatic heterocycles. The van der Waals surface area contributed by atoms with Crippen molar-refractivity contribution in [3.05, 3.63) is 89.7 Å². The van der Waals surface area contributed by atoms with Gasteiger partial charge in [-0.1, -0.05) is 36.4 Å². The van der Waals surface area contributed by atoms with Gasteiger partial charge in [-0.25, -0.2) is 18.1 Å². The minimum Gasteiger partial charge on any atom is -0.495 e. The van der Waals surface area contributed by atoms with Crippen LogP contribution in [0, 0.1) is 0 Å². The lowest BCUT2D eigenvalue weighted by Crippen LogP contribution is -2.30. The Hall–Kier alpha value is -3.69. The Labute approximate surface area is 197 Å². The normalized spacial score (nSPS) is 14.6. The molecule has 1 unspecified atom stereocenters. The maximum Gasteiger partial charge on any atom is 0.252 e. The van der Waals surface area contributed by atoms with Gasteiger partial charge in [0.05, 0.1) is 30.5 Å². The van der Waals surface area contributed by atoms with E-state index in [0.29, 0.717) is 0 Å². The Morgan fingerprint density at radius 2 is 1.85 bits per heavy atom. The third-order valence-corrected chi connectivity index (χ3v) is 7.34. The molecule has 3 N–H and O–H groups in total. The molecule has 3 aromatic carbocycles. The first kappa shape index (κ1) is 22.1. The maximum absolute atomic E-state index is 13.3. The smallest absolute Gasteiger partial charge is 0.252 e. The first-order chi connectivity index (χ1) is 16.4. The number of hydrogen-bond acceptors (Lipinski definition) is 5. The van der Waals surface area contributed by atoms with E-state index in [9.17, 15) is 13.2 Å². The average molecular weight is 477 g/mol. The molecule has 1 amide bonds. The molecule has 174 valence electrons. The van der Waals surface area contributed by atoms with E-state index in [1.165, 1.54) is 19.2 Å². The molecule has 1 heterocycles. The molecule has 0 radical (unpaired) electrons. The molecule has 1 aliphatic rings. The van der Waals surface area contributed by atoms with Crippen molar-refractivity contribution >= 4 is 27.0 Å². The fraction of sp³-hybridized carbons (Fsp3) is 0.200. The topological polar surface area (TPSA) is 113 Å². The molecule has 1 atom stereocenters. The number of carbonyl (C=O) groups excluding carboxylic acids is 1. The van der Waals surface area contributed by atoms with Gasteiger partial charge in [0.1, 0.15) is 10.6 Å². The summed E-state index contributed by atoms with van der Waals surface area (Å²) in [6.45, 7) is 0. The third kappa shape index (κ3) is 4.52. The molecule has 1 saturated carbocycles. The van der Waals surface area contributed by atoms with Gasteiger partial charge in [-0.05, 0) is 54.3 Å². The zero-order valence-corrected chi connectivity index (χ0v) is 19.3. The number of fused-ring (bicyclic) bond motifs is 1. The van der Waals surface area contributed by atoms with Gasteiger partial charge in [0.25, 0.3) is 5.91 Å². The largest absolute Gasteiger partial charge is 0.495 e. The fourth-order valence-electron chi connectivity index (χ4n) is 3.86. The van der Waals surface area contributed by atoms with Gasteiger partial charge >= 0.3 is 0 Å². The predicted octanol–water partition coefficient (Wildman–Crippen LogP) is 3.53. The number of aromatic nitrogens is 2. The van der Waals surface area contributed by atoms with Gasteiger partial charge in [-0.3, -0.25) is 4.79 Å². The maximum atomic E-state index is 13.3. The molecule has 5 rings (SSSR count). The van der Waals surface area contributed by atoms with Crippen LogP contribution in [0.4, 0.5) is 0 Å². The highest BCUT2D eigenvalue weighted by atomic mass is 32.2. The van der Waals surface area contributed by atoms with E-state index in [1.807, 2.05) is 48.5 Å². The van der Waals surface area contributed by atoms with Gasteiger partial charge in [0.2, 0.25) is 10.0 Å². The van der Waals surface area contributed by atoms with Crippen molar-refractivity contribution in [1.82, 2.24) is 20.0 Å². The lowest BCUT2D eigenvalue weighted by atomic mass is 9.97. The molecule has 0 aliphatic heterocycles. The number of aromatic amines is 1. The lowest BCUT2D eigenvalue weighted by Gasteiger charge is -2.20. The summed E-state index contributed by atoms with van der Waals surface area (Å²) in [5.74, 6) is -0.210. The average Bonchev–Trinajstić information content (AvgIpc) is 3.53. The van der Waals surface area contributed by atoms with Crippen LogP contribution in [-0.2, 0) is 10.0 Å². The highest BCUT2D eigenvalue weighted by molar-refractivity contribution is 7.89. The van der Waals surface area contributed by atoms with E-state index >= 15 is 0 Å². The van der Waals surface area contributed by atoms with Crippen LogP contribution in [0.2, 0.25) is 0 Å². The van der Waals surface area contributed by atoms with E-state index in [4.69, 9.17) is 4.74 Å². The summed E-state index contributed by atoms with van der Waals surface area (Å²) in [6.07, 6.45) is 3.24. The van der Waals surface area contributed by atoms with Crippen molar-refractivity contribution in [3.63, 3.8) is 0 Å². The minimum atomic E-state index is -3.81.